The van der Waals surface area contributed by atoms with E-state index in [1.165, 1.54) is 0 Å². The van der Waals surface area contributed by atoms with E-state index in [1.54, 1.807) is 0 Å². The van der Waals surface area contributed by atoms with Crippen LogP contribution in [0.5, 0.6) is 0 Å². The highest BCUT2D eigenvalue weighted by Gasteiger charge is 2.22. The molecule has 1 aliphatic rings. The number of hydrogen-bond donors (Lipinski definition) is 2. The first-order chi connectivity index (χ1) is 4.25. The van der Waals surface area contributed by atoms with Crippen LogP contribution in [0.4, 0.5) is 0 Å². The van der Waals surface area contributed by atoms with Gasteiger partial charge >= 0.3 is 5.97 Å². The molecule has 50 valence electrons. The standard InChI is InChI=1S/C5H6O3S/c6-4-3(2-9)1-8-5(4)7/h6,9H,1-2H2. The molecule has 1 aliphatic heterocycles. The number of rotatable bonds is 1. The Morgan fingerprint density at radius 1 is 1.78 bits per heavy atom. The number of aliphatic hydroxyl groups excluding tert-OH is 1. The second-order valence-corrected chi connectivity index (χ2v) is 2.00. The number of ether oxygens (including phenoxy) is 1. The van der Waals surface area contributed by atoms with Crippen LogP contribution in [0.1, 0.15) is 0 Å². The van der Waals surface area contributed by atoms with Crippen LogP contribution in [0.3, 0.4) is 0 Å². The molecule has 0 bridgehead atoms. The normalized spacial score (nSPS) is 18.6. The average Bonchev–Trinajstić information content (AvgIpc) is 2.15. The van der Waals surface area contributed by atoms with Gasteiger partial charge in [0.05, 0.1) is 0 Å². The lowest BCUT2D eigenvalue weighted by molar-refractivity contribution is -0.138. The Bertz CT molecular complexity index is 173. The lowest BCUT2D eigenvalue weighted by Crippen LogP contribution is -1.97. The van der Waals surface area contributed by atoms with E-state index in [4.69, 9.17) is 5.11 Å². The van der Waals surface area contributed by atoms with E-state index in [-0.39, 0.29) is 12.4 Å². The molecule has 0 spiro atoms. The van der Waals surface area contributed by atoms with Gasteiger partial charge in [-0.3, -0.25) is 0 Å². The van der Waals surface area contributed by atoms with Gasteiger partial charge in [-0.15, -0.1) is 0 Å². The molecule has 0 aliphatic carbocycles. The van der Waals surface area contributed by atoms with E-state index in [0.29, 0.717) is 11.3 Å². The summed E-state index contributed by atoms with van der Waals surface area (Å²) in [6.07, 6.45) is 0. The van der Waals surface area contributed by atoms with E-state index >= 15 is 0 Å². The maximum atomic E-state index is 10.4. The van der Waals surface area contributed by atoms with Crippen molar-refractivity contribution in [3.8, 4) is 0 Å². The first-order valence-corrected chi connectivity index (χ1v) is 3.08. The molecule has 4 heteroatoms. The smallest absolute Gasteiger partial charge is 0.373 e. The fraction of sp³-hybridized carbons (Fsp3) is 0.400. The van der Waals surface area contributed by atoms with Crippen LogP contribution in [-0.2, 0) is 9.53 Å². The van der Waals surface area contributed by atoms with Crippen molar-refractivity contribution in [1.82, 2.24) is 0 Å². The fourth-order valence-corrected chi connectivity index (χ4v) is 0.795. The van der Waals surface area contributed by atoms with Gasteiger partial charge in [0.2, 0.25) is 5.76 Å². The van der Waals surface area contributed by atoms with Crippen LogP contribution in [0.25, 0.3) is 0 Å². The molecule has 0 aromatic heterocycles. The molecular formula is C5H6O3S. The molecule has 0 radical (unpaired) electrons. The van der Waals surface area contributed by atoms with Crippen molar-refractivity contribution in [3.05, 3.63) is 11.3 Å². The molecule has 1 heterocycles. The maximum absolute atomic E-state index is 10.4. The van der Waals surface area contributed by atoms with Crippen molar-refractivity contribution >= 4 is 18.6 Å². The van der Waals surface area contributed by atoms with Gasteiger partial charge in [-0.2, -0.15) is 12.6 Å². The van der Waals surface area contributed by atoms with Crippen molar-refractivity contribution in [2.24, 2.45) is 0 Å². The van der Waals surface area contributed by atoms with Gasteiger partial charge in [-0.1, -0.05) is 0 Å². The van der Waals surface area contributed by atoms with Crippen LogP contribution >= 0.6 is 12.6 Å². The van der Waals surface area contributed by atoms with Gasteiger partial charge in [-0.05, 0) is 0 Å². The van der Waals surface area contributed by atoms with Gasteiger partial charge in [0.25, 0.3) is 0 Å². The van der Waals surface area contributed by atoms with E-state index in [1.807, 2.05) is 0 Å². The van der Waals surface area contributed by atoms with Crippen LogP contribution in [0.2, 0.25) is 0 Å². The molecule has 0 aromatic carbocycles. The first kappa shape index (κ1) is 6.48. The molecule has 0 fully saturated rings. The Labute approximate surface area is 57.7 Å². The molecular weight excluding hydrogens is 140 g/mol. The summed E-state index contributed by atoms with van der Waals surface area (Å²) in [4.78, 5) is 10.4. The lowest BCUT2D eigenvalue weighted by Gasteiger charge is -1.88. The van der Waals surface area contributed by atoms with E-state index in [9.17, 15) is 4.79 Å². The number of esters is 1. The maximum Gasteiger partial charge on any atom is 0.373 e. The summed E-state index contributed by atoms with van der Waals surface area (Å²) in [6, 6.07) is 0. The minimum Gasteiger partial charge on any atom is -0.502 e. The Kier molecular flexibility index (Phi) is 1.66. The number of cyclic esters (lactones) is 1. The Hall–Kier alpha value is -0.640. The molecule has 3 nitrogen and oxygen atoms in total. The Morgan fingerprint density at radius 3 is 2.67 bits per heavy atom. The fourth-order valence-electron chi connectivity index (χ4n) is 0.554. The number of hydrogen-bond acceptors (Lipinski definition) is 4. The number of thiol groups is 1. The molecule has 0 amide bonds. The molecule has 9 heavy (non-hydrogen) atoms. The van der Waals surface area contributed by atoms with Gasteiger partial charge in [0, 0.05) is 11.3 Å². The van der Waals surface area contributed by atoms with Crippen molar-refractivity contribution in [1.29, 1.82) is 0 Å². The molecule has 0 unspecified atom stereocenters. The summed E-state index contributed by atoms with van der Waals surface area (Å²) in [6.45, 7) is 0.189. The molecule has 1 rings (SSSR count). The molecule has 1 N–H and O–H groups in total. The summed E-state index contributed by atoms with van der Waals surface area (Å²) in [5.74, 6) is -0.540. The van der Waals surface area contributed by atoms with Crippen LogP contribution < -0.4 is 0 Å². The predicted octanol–water partition coefficient (Wildman–Crippen LogP) is 0.285. The van der Waals surface area contributed by atoms with Crippen molar-refractivity contribution in [2.75, 3.05) is 12.4 Å². The van der Waals surface area contributed by atoms with E-state index in [2.05, 4.69) is 17.4 Å². The van der Waals surface area contributed by atoms with Gasteiger partial charge in [-0.25, -0.2) is 4.79 Å². The Balaban J connectivity index is 2.79. The zero-order chi connectivity index (χ0) is 6.85. The van der Waals surface area contributed by atoms with Crippen molar-refractivity contribution in [3.63, 3.8) is 0 Å². The summed E-state index contributed by atoms with van der Waals surface area (Å²) in [7, 11) is 0. The zero-order valence-corrected chi connectivity index (χ0v) is 5.52. The second kappa shape index (κ2) is 2.31. The van der Waals surface area contributed by atoms with E-state index in [0.717, 1.165) is 0 Å². The van der Waals surface area contributed by atoms with E-state index < -0.39 is 5.97 Å². The molecule has 0 atom stereocenters. The summed E-state index contributed by atoms with van der Waals surface area (Å²) < 4.78 is 4.46. The second-order valence-electron chi connectivity index (χ2n) is 1.69. The minimum absolute atomic E-state index is 0.189. The zero-order valence-electron chi connectivity index (χ0n) is 4.63. The highest BCUT2D eigenvalue weighted by molar-refractivity contribution is 7.80. The van der Waals surface area contributed by atoms with Gasteiger partial charge in [0.1, 0.15) is 6.61 Å². The first-order valence-electron chi connectivity index (χ1n) is 2.44. The number of carbonyl (C=O) groups excluding carboxylic acids is 1. The SMILES string of the molecule is O=C1OCC(CS)=C1O. The molecule has 0 aromatic rings. The largest absolute Gasteiger partial charge is 0.502 e. The quantitative estimate of drug-likeness (QED) is 0.412. The molecule has 0 saturated carbocycles. The predicted molar refractivity (Wildman–Crippen MR) is 34.5 cm³/mol. The van der Waals surface area contributed by atoms with Crippen molar-refractivity contribution in [2.45, 2.75) is 0 Å². The van der Waals surface area contributed by atoms with Crippen molar-refractivity contribution < 1.29 is 14.6 Å². The topological polar surface area (TPSA) is 46.5 Å². The van der Waals surface area contributed by atoms with Crippen LogP contribution in [-0.4, -0.2) is 23.4 Å². The summed E-state index contributed by atoms with van der Waals surface area (Å²) in [5.41, 5.74) is 0.559. The third kappa shape index (κ3) is 1.03. The molecule has 0 saturated heterocycles. The monoisotopic (exact) mass is 146 g/mol. The third-order valence-electron chi connectivity index (χ3n) is 1.10. The highest BCUT2D eigenvalue weighted by Crippen LogP contribution is 2.13. The summed E-state index contributed by atoms with van der Waals surface area (Å²) >= 11 is 3.87. The Morgan fingerprint density at radius 2 is 2.44 bits per heavy atom. The lowest BCUT2D eigenvalue weighted by atomic mass is 10.3. The number of aliphatic hydroxyl groups is 1. The van der Waals surface area contributed by atoms with Crippen LogP contribution in [0, 0.1) is 0 Å². The van der Waals surface area contributed by atoms with Gasteiger partial charge in [0.15, 0.2) is 0 Å². The van der Waals surface area contributed by atoms with Gasteiger partial charge < -0.3 is 9.84 Å². The third-order valence-corrected chi connectivity index (χ3v) is 1.48. The minimum atomic E-state index is -0.640. The van der Waals surface area contributed by atoms with Crippen LogP contribution in [0.15, 0.2) is 11.3 Å². The number of carbonyl (C=O) groups is 1. The average molecular weight is 146 g/mol. The summed E-state index contributed by atoms with van der Waals surface area (Å²) in [5, 5.41) is 8.81. The highest BCUT2D eigenvalue weighted by atomic mass is 32.1.